The van der Waals surface area contributed by atoms with Gasteiger partial charge in [0, 0.05) is 25.4 Å². The number of hydrogen-bond acceptors (Lipinski definition) is 5. The average molecular weight is 278 g/mol. The van der Waals surface area contributed by atoms with Crippen LogP contribution < -0.4 is 10.6 Å². The van der Waals surface area contributed by atoms with Gasteiger partial charge in [-0.15, -0.1) is 0 Å². The molecule has 0 aromatic carbocycles. The van der Waals surface area contributed by atoms with Gasteiger partial charge in [0.05, 0.1) is 5.60 Å². The topological polar surface area (TPSA) is 70.1 Å². The molecule has 0 saturated heterocycles. The minimum atomic E-state index is -0.593. The van der Waals surface area contributed by atoms with E-state index >= 15 is 0 Å². The minimum Gasteiger partial charge on any atom is -0.388 e. The van der Waals surface area contributed by atoms with E-state index in [1.165, 1.54) is 6.42 Å². The first-order chi connectivity index (χ1) is 9.54. The number of aliphatic hydroxyl groups is 1. The summed E-state index contributed by atoms with van der Waals surface area (Å²) in [7, 11) is 1.80. The highest BCUT2D eigenvalue weighted by molar-refractivity contribution is 5.42. The molecule has 0 radical (unpaired) electrons. The van der Waals surface area contributed by atoms with Crippen LogP contribution in [0.25, 0.3) is 0 Å². The Balaban J connectivity index is 1.93. The van der Waals surface area contributed by atoms with Crippen molar-refractivity contribution < 1.29 is 5.11 Å². The van der Waals surface area contributed by atoms with Gasteiger partial charge < -0.3 is 15.7 Å². The molecule has 1 fully saturated rings. The molecule has 1 aromatic heterocycles. The van der Waals surface area contributed by atoms with Crippen molar-refractivity contribution in [3.63, 3.8) is 0 Å². The highest BCUT2D eigenvalue weighted by Crippen LogP contribution is 2.33. The van der Waals surface area contributed by atoms with Gasteiger partial charge in [0.2, 0.25) is 5.95 Å². The van der Waals surface area contributed by atoms with E-state index in [-0.39, 0.29) is 0 Å². The van der Waals surface area contributed by atoms with Crippen LogP contribution in [0.5, 0.6) is 0 Å². The molecule has 1 saturated carbocycles. The standard InChI is InChI=1S/C15H26N4O/c1-4-12-5-7-15(20,8-6-12)10-17-13-9-11(2)18-14(16-3)19-13/h9,12,20H,4-8,10H2,1-3H3,(H2,16,17,18,19). The molecular weight excluding hydrogens is 252 g/mol. The fourth-order valence-electron chi connectivity index (χ4n) is 2.83. The highest BCUT2D eigenvalue weighted by atomic mass is 16.3. The number of nitrogens with zero attached hydrogens (tertiary/aromatic N) is 2. The molecule has 0 unspecified atom stereocenters. The van der Waals surface area contributed by atoms with E-state index in [4.69, 9.17) is 0 Å². The van der Waals surface area contributed by atoms with Crippen LogP contribution in [-0.2, 0) is 0 Å². The van der Waals surface area contributed by atoms with E-state index in [9.17, 15) is 5.11 Å². The second-order valence-electron chi connectivity index (χ2n) is 5.90. The van der Waals surface area contributed by atoms with Gasteiger partial charge in [-0.25, -0.2) is 4.98 Å². The Morgan fingerprint density at radius 1 is 1.35 bits per heavy atom. The van der Waals surface area contributed by atoms with Crippen molar-refractivity contribution >= 4 is 11.8 Å². The summed E-state index contributed by atoms with van der Waals surface area (Å²) in [5.74, 6) is 2.16. The average Bonchev–Trinajstić information content (AvgIpc) is 2.45. The third kappa shape index (κ3) is 3.82. The zero-order valence-corrected chi connectivity index (χ0v) is 12.7. The normalized spacial score (nSPS) is 26.3. The monoisotopic (exact) mass is 278 g/mol. The smallest absolute Gasteiger partial charge is 0.224 e. The van der Waals surface area contributed by atoms with Crippen LogP contribution in [0.4, 0.5) is 11.8 Å². The lowest BCUT2D eigenvalue weighted by Gasteiger charge is -2.36. The van der Waals surface area contributed by atoms with Crippen LogP contribution in [0, 0.1) is 12.8 Å². The Kier molecular flexibility index (Phi) is 4.81. The largest absolute Gasteiger partial charge is 0.388 e. The van der Waals surface area contributed by atoms with Gasteiger partial charge in [-0.3, -0.25) is 0 Å². The Bertz CT molecular complexity index is 441. The van der Waals surface area contributed by atoms with E-state index in [2.05, 4.69) is 27.5 Å². The summed E-state index contributed by atoms with van der Waals surface area (Å²) in [6, 6.07) is 1.90. The third-order valence-electron chi connectivity index (χ3n) is 4.29. The van der Waals surface area contributed by atoms with Crippen LogP contribution in [0.15, 0.2) is 6.07 Å². The highest BCUT2D eigenvalue weighted by Gasteiger charge is 2.32. The van der Waals surface area contributed by atoms with Crippen molar-refractivity contribution in [2.24, 2.45) is 5.92 Å². The van der Waals surface area contributed by atoms with Crippen molar-refractivity contribution in [1.29, 1.82) is 0 Å². The first-order valence-electron chi connectivity index (χ1n) is 7.54. The molecule has 5 heteroatoms. The van der Waals surface area contributed by atoms with Crippen molar-refractivity contribution in [3.05, 3.63) is 11.8 Å². The predicted octanol–water partition coefficient (Wildman–Crippen LogP) is 2.57. The summed E-state index contributed by atoms with van der Waals surface area (Å²) in [5, 5.41) is 16.8. The number of nitrogens with one attached hydrogen (secondary N) is 2. The van der Waals surface area contributed by atoms with E-state index in [0.29, 0.717) is 12.5 Å². The van der Waals surface area contributed by atoms with E-state index < -0.39 is 5.60 Å². The van der Waals surface area contributed by atoms with Crippen molar-refractivity contribution in [2.75, 3.05) is 24.2 Å². The number of aryl methyl sites for hydroxylation is 1. The fraction of sp³-hybridized carbons (Fsp3) is 0.733. The summed E-state index contributed by atoms with van der Waals surface area (Å²) >= 11 is 0. The Morgan fingerprint density at radius 3 is 2.65 bits per heavy atom. The summed E-state index contributed by atoms with van der Waals surface area (Å²) < 4.78 is 0. The summed E-state index contributed by atoms with van der Waals surface area (Å²) in [5.41, 5.74) is 0.318. The molecule has 20 heavy (non-hydrogen) atoms. The van der Waals surface area contributed by atoms with Crippen LogP contribution in [0.1, 0.15) is 44.7 Å². The summed E-state index contributed by atoms with van der Waals surface area (Å²) in [6.45, 7) is 4.73. The number of aromatic nitrogens is 2. The Hall–Kier alpha value is -1.36. The zero-order valence-electron chi connectivity index (χ0n) is 12.7. The maximum absolute atomic E-state index is 10.6. The summed E-state index contributed by atoms with van der Waals surface area (Å²) in [6.07, 6.45) is 5.22. The van der Waals surface area contributed by atoms with Gasteiger partial charge >= 0.3 is 0 Å². The SMILES string of the molecule is CCC1CCC(O)(CNc2cc(C)nc(NC)n2)CC1. The van der Waals surface area contributed by atoms with Gasteiger partial charge in [-0.1, -0.05) is 13.3 Å². The number of rotatable bonds is 5. The molecule has 2 rings (SSSR count). The molecular formula is C15H26N4O. The van der Waals surface area contributed by atoms with E-state index in [1.54, 1.807) is 7.05 Å². The first-order valence-corrected chi connectivity index (χ1v) is 7.54. The quantitative estimate of drug-likeness (QED) is 0.772. The third-order valence-corrected chi connectivity index (χ3v) is 4.29. The molecule has 0 atom stereocenters. The molecule has 5 nitrogen and oxygen atoms in total. The van der Waals surface area contributed by atoms with Gasteiger partial charge in [-0.05, 0) is 38.5 Å². The molecule has 0 spiro atoms. The predicted molar refractivity (Wildman–Crippen MR) is 82.0 cm³/mol. The van der Waals surface area contributed by atoms with Gasteiger partial charge in [-0.2, -0.15) is 4.98 Å². The second-order valence-corrected chi connectivity index (χ2v) is 5.90. The molecule has 1 aromatic rings. The van der Waals surface area contributed by atoms with Crippen LogP contribution in [-0.4, -0.2) is 34.3 Å². The molecule has 0 bridgehead atoms. The maximum Gasteiger partial charge on any atom is 0.224 e. The molecule has 1 aliphatic carbocycles. The maximum atomic E-state index is 10.6. The van der Waals surface area contributed by atoms with Crippen molar-refractivity contribution in [2.45, 2.75) is 51.6 Å². The van der Waals surface area contributed by atoms with Gasteiger partial charge in [0.15, 0.2) is 0 Å². The Morgan fingerprint density at radius 2 is 2.05 bits per heavy atom. The molecule has 0 aliphatic heterocycles. The van der Waals surface area contributed by atoms with Crippen LogP contribution in [0.2, 0.25) is 0 Å². The van der Waals surface area contributed by atoms with Gasteiger partial charge in [0.1, 0.15) is 5.82 Å². The Labute approximate surface area is 121 Å². The molecule has 3 N–H and O–H groups in total. The number of anilines is 2. The van der Waals surface area contributed by atoms with E-state index in [0.717, 1.165) is 43.1 Å². The lowest BCUT2D eigenvalue weighted by atomic mass is 9.78. The fourth-order valence-corrected chi connectivity index (χ4v) is 2.83. The lowest BCUT2D eigenvalue weighted by Crippen LogP contribution is -2.40. The van der Waals surface area contributed by atoms with Crippen LogP contribution >= 0.6 is 0 Å². The summed E-state index contributed by atoms with van der Waals surface area (Å²) in [4.78, 5) is 8.61. The molecule has 112 valence electrons. The van der Waals surface area contributed by atoms with Crippen LogP contribution in [0.3, 0.4) is 0 Å². The zero-order chi connectivity index (χ0) is 14.6. The first kappa shape index (κ1) is 15.0. The van der Waals surface area contributed by atoms with Crippen molar-refractivity contribution in [1.82, 2.24) is 9.97 Å². The van der Waals surface area contributed by atoms with Gasteiger partial charge in [0.25, 0.3) is 0 Å². The molecule has 1 heterocycles. The molecule has 1 aliphatic rings. The van der Waals surface area contributed by atoms with E-state index in [1.807, 2.05) is 13.0 Å². The lowest BCUT2D eigenvalue weighted by molar-refractivity contribution is 0.00223. The second kappa shape index (κ2) is 6.39. The molecule has 0 amide bonds. The minimum absolute atomic E-state index is 0.559. The number of hydrogen-bond donors (Lipinski definition) is 3. The van der Waals surface area contributed by atoms with Crippen molar-refractivity contribution in [3.8, 4) is 0 Å².